The maximum absolute atomic E-state index is 13.1. The number of fused-ring (bicyclic) bond motifs is 1. The first kappa shape index (κ1) is 16.8. The van der Waals surface area contributed by atoms with Crippen molar-refractivity contribution in [3.8, 4) is 11.5 Å². The van der Waals surface area contributed by atoms with Crippen molar-refractivity contribution in [3.05, 3.63) is 53.8 Å². The number of carbonyl (C=O) groups is 2. The van der Waals surface area contributed by atoms with Gasteiger partial charge in [0.05, 0.1) is 5.56 Å². The van der Waals surface area contributed by atoms with Crippen LogP contribution in [-0.4, -0.2) is 31.2 Å². The van der Waals surface area contributed by atoms with Crippen LogP contribution in [0.5, 0.6) is 11.5 Å². The molecule has 0 bridgehead atoms. The van der Waals surface area contributed by atoms with E-state index in [1.165, 1.54) is 25.1 Å². The van der Waals surface area contributed by atoms with Gasteiger partial charge in [-0.05, 0) is 37.3 Å². The smallest absolute Gasteiger partial charge is 0.339 e. The molecule has 0 saturated carbocycles. The summed E-state index contributed by atoms with van der Waals surface area (Å²) in [6.45, 7) is 2.35. The molecule has 3 rings (SSSR count). The van der Waals surface area contributed by atoms with E-state index in [0.717, 1.165) is 6.07 Å². The van der Waals surface area contributed by atoms with E-state index in [1.54, 1.807) is 18.2 Å². The second-order valence-electron chi connectivity index (χ2n) is 5.41. The van der Waals surface area contributed by atoms with E-state index >= 15 is 0 Å². The molecule has 1 amide bonds. The van der Waals surface area contributed by atoms with Gasteiger partial charge in [0.25, 0.3) is 5.91 Å². The van der Waals surface area contributed by atoms with E-state index in [0.29, 0.717) is 30.4 Å². The summed E-state index contributed by atoms with van der Waals surface area (Å²) in [7, 11) is 0. The molecule has 1 N–H and O–H groups in total. The van der Waals surface area contributed by atoms with Crippen molar-refractivity contribution in [2.75, 3.05) is 18.5 Å². The maximum atomic E-state index is 13.1. The Balaban J connectivity index is 1.62. The van der Waals surface area contributed by atoms with E-state index in [1.807, 2.05) is 0 Å². The molecule has 0 aromatic heterocycles. The minimum atomic E-state index is -1.05. The molecule has 7 heteroatoms. The molecule has 0 spiro atoms. The number of anilines is 1. The van der Waals surface area contributed by atoms with Gasteiger partial charge in [-0.1, -0.05) is 6.07 Å². The monoisotopic (exact) mass is 345 g/mol. The highest BCUT2D eigenvalue weighted by Gasteiger charge is 2.20. The summed E-state index contributed by atoms with van der Waals surface area (Å²) in [5.74, 6) is -0.697. The van der Waals surface area contributed by atoms with Gasteiger partial charge in [0.2, 0.25) is 0 Å². The van der Waals surface area contributed by atoms with Crippen LogP contribution in [0.3, 0.4) is 0 Å². The van der Waals surface area contributed by atoms with Gasteiger partial charge in [0.1, 0.15) is 19.0 Å². The lowest BCUT2D eigenvalue weighted by molar-refractivity contribution is -0.123. The van der Waals surface area contributed by atoms with Gasteiger partial charge < -0.3 is 19.5 Å². The zero-order chi connectivity index (χ0) is 17.8. The molecular formula is C18H16FNO5. The quantitative estimate of drug-likeness (QED) is 0.863. The second-order valence-corrected chi connectivity index (χ2v) is 5.41. The molecule has 1 unspecified atom stereocenters. The zero-order valence-corrected chi connectivity index (χ0v) is 13.5. The topological polar surface area (TPSA) is 73.9 Å². The first-order chi connectivity index (χ1) is 12.0. The average Bonchev–Trinajstić information content (AvgIpc) is 2.61. The number of rotatable bonds is 4. The Labute approximate surface area is 143 Å². The molecule has 2 aromatic carbocycles. The first-order valence-corrected chi connectivity index (χ1v) is 7.70. The number of esters is 1. The van der Waals surface area contributed by atoms with E-state index in [4.69, 9.17) is 14.2 Å². The summed E-state index contributed by atoms with van der Waals surface area (Å²) < 4.78 is 29.1. The molecule has 1 aliphatic heterocycles. The minimum absolute atomic E-state index is 0.0407. The van der Waals surface area contributed by atoms with E-state index in [2.05, 4.69) is 5.32 Å². The molecule has 25 heavy (non-hydrogen) atoms. The molecule has 0 radical (unpaired) electrons. The van der Waals surface area contributed by atoms with Crippen LogP contribution in [0.2, 0.25) is 0 Å². The van der Waals surface area contributed by atoms with Gasteiger partial charge in [-0.15, -0.1) is 0 Å². The first-order valence-electron chi connectivity index (χ1n) is 7.70. The average molecular weight is 345 g/mol. The number of carbonyl (C=O) groups excluding carboxylic acids is 2. The van der Waals surface area contributed by atoms with Crippen LogP contribution in [0.25, 0.3) is 0 Å². The van der Waals surface area contributed by atoms with Crippen LogP contribution in [-0.2, 0) is 9.53 Å². The van der Waals surface area contributed by atoms with Crippen LogP contribution >= 0.6 is 0 Å². The Hall–Kier alpha value is -3.09. The van der Waals surface area contributed by atoms with Gasteiger partial charge in [0.15, 0.2) is 17.6 Å². The van der Waals surface area contributed by atoms with E-state index in [9.17, 15) is 14.0 Å². The van der Waals surface area contributed by atoms with Crippen molar-refractivity contribution in [2.45, 2.75) is 13.0 Å². The Morgan fingerprint density at radius 3 is 2.64 bits per heavy atom. The lowest BCUT2D eigenvalue weighted by Gasteiger charge is -2.19. The van der Waals surface area contributed by atoms with Crippen molar-refractivity contribution < 1.29 is 28.2 Å². The fourth-order valence-corrected chi connectivity index (χ4v) is 2.26. The molecule has 0 saturated heterocycles. The highest BCUT2D eigenvalue weighted by molar-refractivity contribution is 5.97. The number of amides is 1. The lowest BCUT2D eigenvalue weighted by Crippen LogP contribution is -2.30. The number of benzene rings is 2. The van der Waals surface area contributed by atoms with Gasteiger partial charge in [0, 0.05) is 11.8 Å². The highest BCUT2D eigenvalue weighted by Crippen LogP contribution is 2.32. The Bertz CT molecular complexity index is 808. The molecule has 1 heterocycles. The third-order valence-corrected chi connectivity index (χ3v) is 3.52. The molecule has 0 aliphatic carbocycles. The predicted octanol–water partition coefficient (Wildman–Crippen LogP) is 2.78. The summed E-state index contributed by atoms with van der Waals surface area (Å²) in [4.78, 5) is 24.1. The van der Waals surface area contributed by atoms with Crippen molar-refractivity contribution in [1.82, 2.24) is 0 Å². The fourth-order valence-electron chi connectivity index (χ4n) is 2.26. The van der Waals surface area contributed by atoms with Crippen LogP contribution in [0.15, 0.2) is 42.5 Å². The molecule has 1 atom stereocenters. The zero-order valence-electron chi connectivity index (χ0n) is 13.5. The van der Waals surface area contributed by atoms with Crippen molar-refractivity contribution >= 4 is 17.6 Å². The molecule has 2 aromatic rings. The Kier molecular flexibility index (Phi) is 4.83. The minimum Gasteiger partial charge on any atom is -0.486 e. The fraction of sp³-hybridized carbons (Fsp3) is 0.222. The normalized spacial score (nSPS) is 13.7. The summed E-state index contributed by atoms with van der Waals surface area (Å²) in [5.41, 5.74) is 0.530. The van der Waals surface area contributed by atoms with Gasteiger partial charge in [-0.25, -0.2) is 9.18 Å². The van der Waals surface area contributed by atoms with Gasteiger partial charge >= 0.3 is 5.97 Å². The molecular weight excluding hydrogens is 329 g/mol. The predicted molar refractivity (Wildman–Crippen MR) is 87.3 cm³/mol. The molecule has 130 valence electrons. The molecule has 0 fully saturated rings. The SMILES string of the molecule is CC(OC(=O)c1cccc(F)c1)C(=O)Nc1ccc2c(c1)OCCO2. The number of hydrogen-bond acceptors (Lipinski definition) is 5. The van der Waals surface area contributed by atoms with Crippen molar-refractivity contribution in [2.24, 2.45) is 0 Å². The van der Waals surface area contributed by atoms with Crippen LogP contribution in [0, 0.1) is 5.82 Å². The number of hydrogen-bond donors (Lipinski definition) is 1. The second kappa shape index (κ2) is 7.21. The third kappa shape index (κ3) is 4.06. The molecule has 6 nitrogen and oxygen atoms in total. The van der Waals surface area contributed by atoms with Crippen LogP contribution in [0.4, 0.5) is 10.1 Å². The highest BCUT2D eigenvalue weighted by atomic mass is 19.1. The van der Waals surface area contributed by atoms with Crippen LogP contribution < -0.4 is 14.8 Å². The molecule has 1 aliphatic rings. The summed E-state index contributed by atoms with van der Waals surface area (Å²) in [6.07, 6.45) is -1.05. The van der Waals surface area contributed by atoms with E-state index in [-0.39, 0.29) is 5.56 Å². The summed E-state index contributed by atoms with van der Waals surface area (Å²) in [5, 5.41) is 2.63. The van der Waals surface area contributed by atoms with Gasteiger partial charge in [-0.3, -0.25) is 4.79 Å². The Morgan fingerprint density at radius 1 is 1.12 bits per heavy atom. The van der Waals surface area contributed by atoms with Crippen molar-refractivity contribution in [1.29, 1.82) is 0 Å². The summed E-state index contributed by atoms with van der Waals surface area (Å²) in [6, 6.07) is 10.1. The van der Waals surface area contributed by atoms with E-state index < -0.39 is 23.8 Å². The largest absolute Gasteiger partial charge is 0.486 e. The van der Waals surface area contributed by atoms with Crippen LogP contribution in [0.1, 0.15) is 17.3 Å². The third-order valence-electron chi connectivity index (χ3n) is 3.52. The number of halogens is 1. The lowest BCUT2D eigenvalue weighted by atomic mass is 10.2. The van der Waals surface area contributed by atoms with Crippen molar-refractivity contribution in [3.63, 3.8) is 0 Å². The number of ether oxygens (including phenoxy) is 3. The Morgan fingerprint density at radius 2 is 1.88 bits per heavy atom. The standard InChI is InChI=1S/C18H16FNO5/c1-11(25-18(22)12-3-2-4-13(19)9-12)17(21)20-14-5-6-15-16(10-14)24-8-7-23-15/h2-6,9-11H,7-8H2,1H3,(H,20,21). The summed E-state index contributed by atoms with van der Waals surface area (Å²) >= 11 is 0. The maximum Gasteiger partial charge on any atom is 0.339 e. The number of nitrogens with one attached hydrogen (secondary N) is 1. The van der Waals surface area contributed by atoms with Gasteiger partial charge in [-0.2, -0.15) is 0 Å².